The van der Waals surface area contributed by atoms with E-state index in [-0.39, 0.29) is 5.92 Å². The molecule has 8 heteroatoms. The summed E-state index contributed by atoms with van der Waals surface area (Å²) >= 11 is 6.20. The van der Waals surface area contributed by atoms with E-state index in [9.17, 15) is 0 Å². The number of anilines is 1. The third-order valence-electron chi connectivity index (χ3n) is 5.25. The summed E-state index contributed by atoms with van der Waals surface area (Å²) in [5.74, 6) is 1.74. The molecule has 0 saturated heterocycles. The van der Waals surface area contributed by atoms with Crippen molar-refractivity contribution in [2.75, 3.05) is 31.9 Å². The van der Waals surface area contributed by atoms with Crippen LogP contribution >= 0.6 is 11.6 Å². The van der Waals surface area contributed by atoms with Crippen LogP contribution in [-0.4, -0.2) is 45.0 Å². The predicted molar refractivity (Wildman–Crippen MR) is 118 cm³/mol. The first-order valence-corrected chi connectivity index (χ1v) is 13.8. The van der Waals surface area contributed by atoms with Crippen LogP contribution in [0.15, 0.2) is 35.1 Å². The molecule has 154 valence electrons. The Hall–Kier alpha value is -2.09. The maximum atomic E-state index is 6.20. The Morgan fingerprint density at radius 3 is 2.83 bits per heavy atom. The van der Waals surface area contributed by atoms with Gasteiger partial charge in [0.1, 0.15) is 29.0 Å². The Morgan fingerprint density at radius 2 is 2.07 bits per heavy atom. The van der Waals surface area contributed by atoms with Gasteiger partial charge in [0, 0.05) is 44.3 Å². The number of halogens is 1. The molecule has 0 radical (unpaired) electrons. The molecule has 1 aromatic carbocycles. The van der Waals surface area contributed by atoms with Crippen LogP contribution in [0.1, 0.15) is 17.0 Å². The van der Waals surface area contributed by atoms with Gasteiger partial charge < -0.3 is 18.8 Å². The van der Waals surface area contributed by atoms with Gasteiger partial charge in [-0.15, -0.1) is 0 Å². The Labute approximate surface area is 176 Å². The summed E-state index contributed by atoms with van der Waals surface area (Å²) in [5, 5.41) is 0.481. The van der Waals surface area contributed by atoms with Gasteiger partial charge in [0.05, 0.1) is 7.11 Å². The standard InChI is InChI=1S/C21H26ClN3O3Si/c1-26-18-10-17-19(28-12-23-17)9-15(18)16-11-25(13-27-7-8-29(2,3)4)21-14(16)5-6-20(22)24-21/h5-6,9-10,12,16H,7-8,11,13H2,1-4H3. The Kier molecular flexibility index (Phi) is 5.55. The number of fused-ring (bicyclic) bond motifs is 2. The van der Waals surface area contributed by atoms with Gasteiger partial charge in [0.15, 0.2) is 12.0 Å². The third-order valence-corrected chi connectivity index (χ3v) is 7.17. The Bertz CT molecular complexity index is 1020. The van der Waals surface area contributed by atoms with Gasteiger partial charge in [-0.25, -0.2) is 9.97 Å². The zero-order chi connectivity index (χ0) is 20.6. The summed E-state index contributed by atoms with van der Waals surface area (Å²) in [6, 6.07) is 8.95. The smallest absolute Gasteiger partial charge is 0.181 e. The van der Waals surface area contributed by atoms with Crippen molar-refractivity contribution in [1.29, 1.82) is 0 Å². The summed E-state index contributed by atoms with van der Waals surface area (Å²) in [6.07, 6.45) is 1.45. The number of oxazole rings is 1. The van der Waals surface area contributed by atoms with Gasteiger partial charge in [0.2, 0.25) is 0 Å². The molecule has 3 aromatic rings. The second kappa shape index (κ2) is 7.97. The summed E-state index contributed by atoms with van der Waals surface area (Å²) in [6.45, 7) is 9.06. The van der Waals surface area contributed by atoms with Crippen molar-refractivity contribution < 1.29 is 13.9 Å². The maximum Gasteiger partial charge on any atom is 0.181 e. The first kappa shape index (κ1) is 20.2. The SMILES string of the molecule is COc1cc2ncoc2cc1C1CN(COCC[Si](C)(C)C)c2nc(Cl)ccc21. The average Bonchev–Trinajstić information content (AvgIpc) is 3.27. The van der Waals surface area contributed by atoms with Crippen LogP contribution in [0.4, 0.5) is 5.82 Å². The van der Waals surface area contributed by atoms with Crippen molar-refractivity contribution >= 4 is 36.6 Å². The van der Waals surface area contributed by atoms with Gasteiger partial charge in [-0.3, -0.25) is 0 Å². The van der Waals surface area contributed by atoms with Crippen LogP contribution in [0, 0.1) is 0 Å². The van der Waals surface area contributed by atoms with Crippen LogP contribution in [0.25, 0.3) is 11.1 Å². The van der Waals surface area contributed by atoms with E-state index in [2.05, 4.69) is 34.5 Å². The molecule has 1 unspecified atom stereocenters. The van der Waals surface area contributed by atoms with E-state index in [0.717, 1.165) is 53.0 Å². The zero-order valence-corrected chi connectivity index (χ0v) is 19.0. The molecule has 0 bridgehead atoms. The van der Waals surface area contributed by atoms with Crippen LogP contribution in [0.3, 0.4) is 0 Å². The number of hydrogen-bond acceptors (Lipinski definition) is 6. The number of rotatable bonds is 7. The molecule has 6 nitrogen and oxygen atoms in total. The van der Waals surface area contributed by atoms with Crippen molar-refractivity contribution in [3.05, 3.63) is 46.9 Å². The summed E-state index contributed by atoms with van der Waals surface area (Å²) < 4.78 is 17.2. The van der Waals surface area contributed by atoms with Gasteiger partial charge >= 0.3 is 0 Å². The van der Waals surface area contributed by atoms with Gasteiger partial charge in [-0.05, 0) is 18.2 Å². The van der Waals surface area contributed by atoms with Crippen molar-refractivity contribution in [2.24, 2.45) is 0 Å². The first-order chi connectivity index (χ1) is 13.9. The number of hydrogen-bond donors (Lipinski definition) is 0. The number of benzene rings is 1. The molecule has 1 aliphatic heterocycles. The minimum absolute atomic E-state index is 0.0832. The molecule has 0 amide bonds. The number of methoxy groups -OCH3 is 1. The molecule has 0 saturated carbocycles. The van der Waals surface area contributed by atoms with E-state index in [0.29, 0.717) is 11.9 Å². The summed E-state index contributed by atoms with van der Waals surface area (Å²) in [7, 11) is 0.553. The van der Waals surface area contributed by atoms with Crippen molar-refractivity contribution in [3.63, 3.8) is 0 Å². The van der Waals surface area contributed by atoms with E-state index < -0.39 is 8.07 Å². The van der Waals surface area contributed by atoms with Crippen molar-refractivity contribution in [3.8, 4) is 5.75 Å². The van der Waals surface area contributed by atoms with E-state index in [1.54, 1.807) is 7.11 Å². The number of pyridine rings is 1. The largest absolute Gasteiger partial charge is 0.496 e. The van der Waals surface area contributed by atoms with Crippen LogP contribution < -0.4 is 9.64 Å². The fourth-order valence-corrected chi connectivity index (χ4v) is 4.55. The topological polar surface area (TPSA) is 60.6 Å². The Balaban J connectivity index is 1.62. The van der Waals surface area contributed by atoms with Crippen LogP contribution in [-0.2, 0) is 4.74 Å². The number of ether oxygens (including phenoxy) is 2. The fourth-order valence-electron chi connectivity index (χ4n) is 3.65. The quantitative estimate of drug-likeness (QED) is 0.293. The van der Waals surface area contributed by atoms with Crippen LogP contribution in [0.5, 0.6) is 5.75 Å². The molecule has 0 aliphatic carbocycles. The minimum Gasteiger partial charge on any atom is -0.496 e. The third kappa shape index (κ3) is 4.27. The van der Waals surface area contributed by atoms with E-state index in [1.807, 2.05) is 24.3 Å². The molecule has 1 aliphatic rings. The minimum atomic E-state index is -1.13. The zero-order valence-electron chi connectivity index (χ0n) is 17.2. The van der Waals surface area contributed by atoms with Gasteiger partial charge in [-0.1, -0.05) is 37.3 Å². The van der Waals surface area contributed by atoms with E-state index in [4.69, 9.17) is 25.5 Å². The lowest BCUT2D eigenvalue weighted by molar-refractivity contribution is 0.147. The summed E-state index contributed by atoms with van der Waals surface area (Å²) in [5.41, 5.74) is 3.69. The highest BCUT2D eigenvalue weighted by molar-refractivity contribution is 6.76. The molecule has 4 rings (SSSR count). The number of nitrogens with zero attached hydrogens (tertiary/aromatic N) is 3. The molecular weight excluding hydrogens is 406 g/mol. The lowest BCUT2D eigenvalue weighted by Crippen LogP contribution is -2.28. The van der Waals surface area contributed by atoms with Crippen molar-refractivity contribution in [2.45, 2.75) is 31.6 Å². The van der Waals surface area contributed by atoms with Gasteiger partial charge in [0.25, 0.3) is 0 Å². The van der Waals surface area contributed by atoms with Crippen LogP contribution in [0.2, 0.25) is 30.8 Å². The maximum absolute atomic E-state index is 6.20. The average molecular weight is 432 g/mol. The molecule has 0 fully saturated rings. The molecule has 3 heterocycles. The highest BCUT2D eigenvalue weighted by Gasteiger charge is 2.33. The molecule has 29 heavy (non-hydrogen) atoms. The first-order valence-electron chi connectivity index (χ1n) is 9.76. The number of aromatic nitrogens is 2. The molecule has 0 spiro atoms. The molecule has 1 atom stereocenters. The normalized spacial score (nSPS) is 16.4. The highest BCUT2D eigenvalue weighted by atomic mass is 35.5. The summed E-state index contributed by atoms with van der Waals surface area (Å²) in [4.78, 5) is 11.0. The second-order valence-electron chi connectivity index (χ2n) is 8.58. The second-order valence-corrected chi connectivity index (χ2v) is 14.6. The lowest BCUT2D eigenvalue weighted by atomic mass is 9.93. The molecule has 0 N–H and O–H groups in total. The fraction of sp³-hybridized carbons (Fsp3) is 0.429. The lowest BCUT2D eigenvalue weighted by Gasteiger charge is -2.21. The van der Waals surface area contributed by atoms with Gasteiger partial charge in [-0.2, -0.15) is 0 Å². The molecular formula is C21H26ClN3O3Si. The molecule has 2 aromatic heterocycles. The predicted octanol–water partition coefficient (Wildman–Crippen LogP) is 5.15. The monoisotopic (exact) mass is 431 g/mol. The van der Waals surface area contributed by atoms with E-state index >= 15 is 0 Å². The van der Waals surface area contributed by atoms with Crippen molar-refractivity contribution in [1.82, 2.24) is 9.97 Å². The highest BCUT2D eigenvalue weighted by Crippen LogP contribution is 2.43. The Morgan fingerprint density at radius 1 is 1.24 bits per heavy atom. The van der Waals surface area contributed by atoms with E-state index in [1.165, 1.54) is 6.39 Å².